The fourth-order valence-corrected chi connectivity index (χ4v) is 4.04. The van der Waals surface area contributed by atoms with Gasteiger partial charge in [-0.2, -0.15) is 0 Å². The number of hydrogen-bond donors (Lipinski definition) is 2. The van der Waals surface area contributed by atoms with Gasteiger partial charge in [-0.3, -0.25) is 14.5 Å². The Kier molecular flexibility index (Phi) is 3.97. The van der Waals surface area contributed by atoms with Crippen LogP contribution in [-0.4, -0.2) is 55.4 Å². The number of piperidine rings is 1. The summed E-state index contributed by atoms with van der Waals surface area (Å²) in [4.78, 5) is 37.8. The maximum atomic E-state index is 12.0. The molecule has 3 fully saturated rings. The van der Waals surface area contributed by atoms with Gasteiger partial charge in [-0.05, 0) is 36.1 Å². The Morgan fingerprint density at radius 2 is 1.77 bits per heavy atom. The third kappa shape index (κ3) is 2.95. The topological polar surface area (TPSA) is 99.2 Å². The number of anilines is 2. The molecule has 2 saturated heterocycles. The first-order chi connectivity index (χ1) is 12.4. The van der Waals surface area contributed by atoms with Gasteiger partial charge in [-0.25, -0.2) is 4.79 Å². The van der Waals surface area contributed by atoms with E-state index in [1.54, 1.807) is 4.90 Å². The number of fused-ring (bicyclic) bond motifs is 1. The molecule has 8 heteroatoms. The highest BCUT2D eigenvalue weighted by molar-refractivity contribution is 5.90. The molecule has 3 aliphatic rings. The number of carboxylic acids is 1. The maximum Gasteiger partial charge on any atom is 0.414 e. The number of carbonyl (C=O) groups is 3. The second-order valence-electron chi connectivity index (χ2n) is 7.17. The van der Waals surface area contributed by atoms with Crippen molar-refractivity contribution >= 4 is 29.3 Å². The maximum absolute atomic E-state index is 12.0. The van der Waals surface area contributed by atoms with E-state index < -0.39 is 12.1 Å². The summed E-state index contributed by atoms with van der Waals surface area (Å²) >= 11 is 0. The van der Waals surface area contributed by atoms with Gasteiger partial charge in [0.1, 0.15) is 6.10 Å². The summed E-state index contributed by atoms with van der Waals surface area (Å²) < 4.78 is 5.27. The van der Waals surface area contributed by atoms with Crippen LogP contribution in [0.2, 0.25) is 0 Å². The molecule has 2 N–H and O–H groups in total. The van der Waals surface area contributed by atoms with Crippen LogP contribution in [0.5, 0.6) is 0 Å². The van der Waals surface area contributed by atoms with Gasteiger partial charge in [0.25, 0.3) is 0 Å². The van der Waals surface area contributed by atoms with Gasteiger partial charge >= 0.3 is 12.1 Å². The Morgan fingerprint density at radius 3 is 2.35 bits per heavy atom. The molecular weight excluding hydrogens is 338 g/mol. The summed E-state index contributed by atoms with van der Waals surface area (Å²) in [6.45, 7) is 3.66. The van der Waals surface area contributed by atoms with E-state index in [0.717, 1.165) is 24.5 Å². The van der Waals surface area contributed by atoms with Crippen LogP contribution < -0.4 is 15.1 Å². The van der Waals surface area contributed by atoms with Crippen molar-refractivity contribution in [3.05, 3.63) is 24.3 Å². The monoisotopic (exact) mass is 359 g/mol. The van der Waals surface area contributed by atoms with E-state index in [-0.39, 0.29) is 29.8 Å². The van der Waals surface area contributed by atoms with Gasteiger partial charge < -0.3 is 20.1 Å². The molecule has 2 amide bonds. The molecule has 0 radical (unpaired) electrons. The number of amides is 2. The smallest absolute Gasteiger partial charge is 0.414 e. The number of benzene rings is 1. The lowest BCUT2D eigenvalue weighted by molar-refractivity contribution is -0.139. The number of nitrogens with zero attached hydrogens (tertiary/aromatic N) is 2. The van der Waals surface area contributed by atoms with E-state index in [9.17, 15) is 14.4 Å². The molecule has 2 aliphatic heterocycles. The number of cyclic esters (lactones) is 1. The lowest BCUT2D eigenvalue weighted by Gasteiger charge is -2.22. The van der Waals surface area contributed by atoms with Crippen molar-refractivity contribution in [2.24, 2.45) is 17.8 Å². The largest absolute Gasteiger partial charge is 0.481 e. The number of hydrogen-bond acceptors (Lipinski definition) is 5. The summed E-state index contributed by atoms with van der Waals surface area (Å²) in [5.74, 6) is -0.495. The lowest BCUT2D eigenvalue weighted by atomic mass is 10.2. The van der Waals surface area contributed by atoms with Crippen molar-refractivity contribution in [3.63, 3.8) is 0 Å². The van der Waals surface area contributed by atoms with Crippen molar-refractivity contribution < 1.29 is 24.2 Å². The fraction of sp³-hybridized carbons (Fsp3) is 0.500. The number of carbonyl (C=O) groups excluding carboxylic acids is 2. The number of ether oxygens (including phenoxy) is 1. The van der Waals surface area contributed by atoms with E-state index in [4.69, 9.17) is 9.84 Å². The van der Waals surface area contributed by atoms with Gasteiger partial charge in [0.2, 0.25) is 5.91 Å². The van der Waals surface area contributed by atoms with E-state index >= 15 is 0 Å². The van der Waals surface area contributed by atoms with Crippen molar-refractivity contribution in [1.82, 2.24) is 5.32 Å². The molecule has 1 aliphatic carbocycles. The fourth-order valence-electron chi connectivity index (χ4n) is 4.04. The lowest BCUT2D eigenvalue weighted by Crippen LogP contribution is -2.33. The summed E-state index contributed by atoms with van der Waals surface area (Å²) in [7, 11) is 0. The predicted molar refractivity (Wildman–Crippen MR) is 93.1 cm³/mol. The molecule has 0 spiro atoms. The molecule has 0 aromatic heterocycles. The average Bonchev–Trinajstić information content (AvgIpc) is 2.93. The van der Waals surface area contributed by atoms with Crippen LogP contribution >= 0.6 is 0 Å². The first-order valence-electron chi connectivity index (χ1n) is 8.74. The third-order valence-corrected chi connectivity index (χ3v) is 5.46. The van der Waals surface area contributed by atoms with Gasteiger partial charge in [0.15, 0.2) is 0 Å². The van der Waals surface area contributed by atoms with Crippen molar-refractivity contribution in [2.75, 3.05) is 36.0 Å². The summed E-state index contributed by atoms with van der Waals surface area (Å²) in [5, 5.41) is 11.8. The van der Waals surface area contributed by atoms with Crippen LogP contribution in [0.25, 0.3) is 0 Å². The van der Waals surface area contributed by atoms with Crippen LogP contribution in [0.3, 0.4) is 0 Å². The highest BCUT2D eigenvalue weighted by Crippen LogP contribution is 2.52. The molecule has 1 unspecified atom stereocenters. The van der Waals surface area contributed by atoms with E-state index in [0.29, 0.717) is 13.1 Å². The van der Waals surface area contributed by atoms with Crippen LogP contribution in [-0.2, 0) is 14.3 Å². The number of carboxylic acid groups (broad SMARTS) is 1. The summed E-state index contributed by atoms with van der Waals surface area (Å²) in [6, 6.07) is 7.64. The van der Waals surface area contributed by atoms with Gasteiger partial charge in [0.05, 0.1) is 19.0 Å². The summed E-state index contributed by atoms with van der Waals surface area (Å²) in [5.41, 5.74) is 1.78. The number of rotatable bonds is 5. The van der Waals surface area contributed by atoms with Crippen LogP contribution in [0.4, 0.5) is 16.2 Å². The van der Waals surface area contributed by atoms with Gasteiger partial charge in [-0.1, -0.05) is 0 Å². The Morgan fingerprint density at radius 1 is 1.15 bits per heavy atom. The van der Waals surface area contributed by atoms with E-state index in [1.807, 2.05) is 24.3 Å². The quantitative estimate of drug-likeness (QED) is 0.811. The molecule has 1 aromatic rings. The van der Waals surface area contributed by atoms with E-state index in [2.05, 4.69) is 10.2 Å². The molecule has 2 heterocycles. The average molecular weight is 359 g/mol. The predicted octanol–water partition coefficient (Wildman–Crippen LogP) is 0.915. The highest BCUT2D eigenvalue weighted by atomic mass is 16.6. The Hall–Kier alpha value is -2.77. The number of aliphatic carboxylic acids is 1. The molecule has 8 nitrogen and oxygen atoms in total. The molecule has 0 bridgehead atoms. The first-order valence-corrected chi connectivity index (χ1v) is 8.74. The van der Waals surface area contributed by atoms with Crippen molar-refractivity contribution in [2.45, 2.75) is 13.0 Å². The zero-order valence-corrected chi connectivity index (χ0v) is 14.4. The molecular formula is C18H21N3O5. The first kappa shape index (κ1) is 16.7. The Bertz CT molecular complexity index is 738. The normalized spacial score (nSPS) is 29.3. The zero-order chi connectivity index (χ0) is 18.4. The molecule has 1 saturated carbocycles. The Balaban J connectivity index is 1.36. The van der Waals surface area contributed by atoms with Crippen molar-refractivity contribution in [1.29, 1.82) is 0 Å². The van der Waals surface area contributed by atoms with Gasteiger partial charge in [-0.15, -0.1) is 0 Å². The summed E-state index contributed by atoms with van der Waals surface area (Å²) in [6.07, 6.45) is -0.774. The highest BCUT2D eigenvalue weighted by Gasteiger charge is 2.59. The third-order valence-electron chi connectivity index (χ3n) is 5.46. The zero-order valence-electron chi connectivity index (χ0n) is 14.4. The molecule has 4 atom stereocenters. The minimum Gasteiger partial charge on any atom is -0.481 e. The van der Waals surface area contributed by atoms with Crippen molar-refractivity contribution in [3.8, 4) is 0 Å². The van der Waals surface area contributed by atoms with Gasteiger partial charge in [0, 0.05) is 31.4 Å². The van der Waals surface area contributed by atoms with Crippen LogP contribution in [0, 0.1) is 17.8 Å². The molecule has 1 aromatic carbocycles. The molecule has 4 rings (SSSR count). The second kappa shape index (κ2) is 6.19. The van der Waals surface area contributed by atoms with Crippen LogP contribution in [0.1, 0.15) is 6.92 Å². The second-order valence-corrected chi connectivity index (χ2v) is 7.17. The van der Waals surface area contributed by atoms with Crippen LogP contribution in [0.15, 0.2) is 24.3 Å². The minimum absolute atomic E-state index is 0.155. The minimum atomic E-state index is -0.684. The Labute approximate surface area is 150 Å². The van der Waals surface area contributed by atoms with E-state index in [1.165, 1.54) is 6.92 Å². The standard InChI is InChI=1S/C18H21N3O5/c1-10(22)19-6-13-7-21(18(25)26-13)12-4-2-11(3-5-12)20-8-14-15(9-20)16(14)17(23)24/h2-5,13-16H,6-9H2,1H3,(H,19,22)(H,23,24)/t13-,14-,15+,16?/m0/s1. The molecule has 138 valence electrons. The molecule has 26 heavy (non-hydrogen) atoms. The number of nitrogens with one attached hydrogen (secondary N) is 1. The SMILES string of the molecule is CC(=O)NC[C@H]1CN(c2ccc(N3C[C@@H]4C(C(=O)O)[C@@H]4C3)cc2)C(=O)O1.